The summed E-state index contributed by atoms with van der Waals surface area (Å²) in [5, 5.41) is 9.04. The smallest absolute Gasteiger partial charge is 0.191 e. The minimum absolute atomic E-state index is 0.0763. The molecule has 3 heterocycles. The highest BCUT2D eigenvalue weighted by molar-refractivity contribution is 5.26. The number of nitriles is 1. The summed E-state index contributed by atoms with van der Waals surface area (Å²) in [5.74, 6) is -0.138. The molecule has 3 aliphatic rings. The average molecular weight is 193 g/mol. The zero-order valence-electron chi connectivity index (χ0n) is 7.68. The van der Waals surface area contributed by atoms with Crippen molar-refractivity contribution in [1.29, 1.82) is 5.26 Å². The predicted octanol–water partition coefficient (Wildman–Crippen LogP) is 0.597. The molecule has 2 bridgehead atoms. The maximum atomic E-state index is 9.04. The van der Waals surface area contributed by atoms with Gasteiger partial charge < -0.3 is 14.2 Å². The van der Waals surface area contributed by atoms with Crippen LogP contribution in [-0.4, -0.2) is 31.2 Å². The molecule has 14 heavy (non-hydrogen) atoms. The fourth-order valence-corrected chi connectivity index (χ4v) is 2.41. The first-order chi connectivity index (χ1) is 6.85. The van der Waals surface area contributed by atoms with Crippen LogP contribution in [-0.2, 0) is 14.2 Å². The standard InChI is InChI=1S/C10H11NO3/c11-6-7-5-8-1-2-10(7,14-8)9-12-3-4-13-9/h1-2,7-9H,3-5H2/t7-,8?,10+/m1/s1. The van der Waals surface area contributed by atoms with Gasteiger partial charge in [-0.25, -0.2) is 0 Å². The maximum Gasteiger partial charge on any atom is 0.191 e. The SMILES string of the molecule is N#C[C@H]1CC2C=C[C@]1(C1OCCO1)O2. The Morgan fingerprint density at radius 3 is 2.79 bits per heavy atom. The van der Waals surface area contributed by atoms with E-state index >= 15 is 0 Å². The second kappa shape index (κ2) is 2.80. The molecule has 3 aliphatic heterocycles. The van der Waals surface area contributed by atoms with Crippen molar-refractivity contribution in [3.8, 4) is 6.07 Å². The first kappa shape index (κ1) is 8.42. The summed E-state index contributed by atoms with van der Waals surface area (Å²) in [6, 6.07) is 2.28. The Morgan fingerprint density at radius 1 is 1.36 bits per heavy atom. The van der Waals surface area contributed by atoms with E-state index in [2.05, 4.69) is 6.07 Å². The third kappa shape index (κ3) is 0.921. The molecule has 0 N–H and O–H groups in total. The van der Waals surface area contributed by atoms with Crippen molar-refractivity contribution in [2.24, 2.45) is 5.92 Å². The third-order valence-corrected chi connectivity index (χ3v) is 3.09. The monoisotopic (exact) mass is 193 g/mol. The van der Waals surface area contributed by atoms with Gasteiger partial charge in [0.2, 0.25) is 0 Å². The lowest BCUT2D eigenvalue weighted by molar-refractivity contribution is -0.172. The minimum Gasteiger partial charge on any atom is -0.357 e. The summed E-state index contributed by atoms with van der Waals surface area (Å²) < 4.78 is 16.6. The Hall–Kier alpha value is -0.890. The quantitative estimate of drug-likeness (QED) is 0.572. The molecule has 0 saturated carbocycles. The van der Waals surface area contributed by atoms with Crippen LogP contribution in [0.3, 0.4) is 0 Å². The second-order valence-electron chi connectivity index (χ2n) is 3.86. The third-order valence-electron chi connectivity index (χ3n) is 3.09. The molecule has 0 radical (unpaired) electrons. The van der Waals surface area contributed by atoms with Crippen molar-refractivity contribution in [2.75, 3.05) is 13.2 Å². The number of nitrogens with zero attached hydrogens (tertiary/aromatic N) is 1. The van der Waals surface area contributed by atoms with Crippen LogP contribution < -0.4 is 0 Å². The van der Waals surface area contributed by atoms with Gasteiger partial charge in [0.25, 0.3) is 0 Å². The molecule has 0 aromatic carbocycles. The van der Waals surface area contributed by atoms with Gasteiger partial charge in [0, 0.05) is 0 Å². The summed E-state index contributed by atoms with van der Waals surface area (Å²) >= 11 is 0. The van der Waals surface area contributed by atoms with E-state index in [4.69, 9.17) is 19.5 Å². The number of ether oxygens (including phenoxy) is 3. The van der Waals surface area contributed by atoms with Crippen LogP contribution in [0.25, 0.3) is 0 Å². The Bertz CT molecular complexity index is 316. The zero-order chi connectivity index (χ0) is 9.60. The summed E-state index contributed by atoms with van der Waals surface area (Å²) in [4.78, 5) is 0. The molecule has 0 amide bonds. The average Bonchev–Trinajstić information content (AvgIpc) is 2.92. The van der Waals surface area contributed by atoms with Gasteiger partial charge in [0.1, 0.15) is 0 Å². The van der Waals surface area contributed by atoms with Crippen LogP contribution in [0.1, 0.15) is 6.42 Å². The molecule has 4 heteroatoms. The van der Waals surface area contributed by atoms with E-state index in [1.807, 2.05) is 12.2 Å². The van der Waals surface area contributed by atoms with Gasteiger partial charge in [0.05, 0.1) is 31.3 Å². The van der Waals surface area contributed by atoms with E-state index in [0.717, 1.165) is 6.42 Å². The van der Waals surface area contributed by atoms with Gasteiger partial charge in [-0.2, -0.15) is 5.26 Å². The summed E-state index contributed by atoms with van der Waals surface area (Å²) in [5.41, 5.74) is -0.629. The summed E-state index contributed by atoms with van der Waals surface area (Å²) in [7, 11) is 0. The molecule has 0 aromatic heterocycles. The van der Waals surface area contributed by atoms with Crippen molar-refractivity contribution in [3.05, 3.63) is 12.2 Å². The van der Waals surface area contributed by atoms with Gasteiger partial charge in [-0.05, 0) is 12.5 Å². The van der Waals surface area contributed by atoms with Crippen LogP contribution in [0.4, 0.5) is 0 Å². The van der Waals surface area contributed by atoms with E-state index in [9.17, 15) is 0 Å². The first-order valence-corrected chi connectivity index (χ1v) is 4.85. The van der Waals surface area contributed by atoms with Crippen molar-refractivity contribution in [2.45, 2.75) is 24.4 Å². The van der Waals surface area contributed by atoms with E-state index in [1.165, 1.54) is 0 Å². The molecule has 3 atom stereocenters. The van der Waals surface area contributed by atoms with Crippen molar-refractivity contribution in [1.82, 2.24) is 0 Å². The summed E-state index contributed by atoms with van der Waals surface area (Å²) in [6.07, 6.45) is 4.38. The molecule has 74 valence electrons. The van der Waals surface area contributed by atoms with Gasteiger partial charge in [-0.3, -0.25) is 0 Å². The normalized spacial score (nSPS) is 45.9. The summed E-state index contributed by atoms with van der Waals surface area (Å²) in [6.45, 7) is 1.18. The molecule has 3 rings (SSSR count). The fourth-order valence-electron chi connectivity index (χ4n) is 2.41. The highest BCUT2D eigenvalue weighted by Crippen LogP contribution is 2.46. The largest absolute Gasteiger partial charge is 0.357 e. The van der Waals surface area contributed by atoms with Crippen LogP contribution in [0.2, 0.25) is 0 Å². The lowest BCUT2D eigenvalue weighted by atomic mass is 9.83. The Morgan fingerprint density at radius 2 is 2.14 bits per heavy atom. The molecule has 0 spiro atoms. The lowest BCUT2D eigenvalue weighted by Gasteiger charge is -2.30. The van der Waals surface area contributed by atoms with Crippen LogP contribution >= 0.6 is 0 Å². The first-order valence-electron chi connectivity index (χ1n) is 4.85. The predicted molar refractivity (Wildman–Crippen MR) is 46.2 cm³/mol. The Kier molecular flexibility index (Phi) is 1.68. The van der Waals surface area contributed by atoms with Gasteiger partial charge in [0.15, 0.2) is 11.9 Å². The van der Waals surface area contributed by atoms with Crippen molar-refractivity contribution >= 4 is 0 Å². The number of fused-ring (bicyclic) bond motifs is 2. The minimum atomic E-state index is -0.629. The van der Waals surface area contributed by atoms with Gasteiger partial charge in [-0.1, -0.05) is 6.08 Å². The molecular weight excluding hydrogens is 182 g/mol. The van der Waals surface area contributed by atoms with Gasteiger partial charge >= 0.3 is 0 Å². The molecule has 2 fully saturated rings. The van der Waals surface area contributed by atoms with E-state index < -0.39 is 11.9 Å². The molecular formula is C10H11NO3. The number of rotatable bonds is 1. The topological polar surface area (TPSA) is 51.5 Å². The van der Waals surface area contributed by atoms with Crippen LogP contribution in [0.5, 0.6) is 0 Å². The van der Waals surface area contributed by atoms with Crippen molar-refractivity contribution < 1.29 is 14.2 Å². The van der Waals surface area contributed by atoms with Crippen LogP contribution in [0.15, 0.2) is 12.2 Å². The van der Waals surface area contributed by atoms with E-state index in [1.54, 1.807) is 0 Å². The Labute approximate surface area is 82.0 Å². The van der Waals surface area contributed by atoms with Gasteiger partial charge in [-0.15, -0.1) is 0 Å². The maximum absolute atomic E-state index is 9.04. The number of hydrogen-bond acceptors (Lipinski definition) is 4. The van der Waals surface area contributed by atoms with Crippen LogP contribution in [0, 0.1) is 17.2 Å². The highest BCUT2D eigenvalue weighted by Gasteiger charge is 2.57. The molecule has 2 saturated heterocycles. The second-order valence-corrected chi connectivity index (χ2v) is 3.86. The number of hydrogen-bond donors (Lipinski definition) is 0. The lowest BCUT2D eigenvalue weighted by Crippen LogP contribution is -2.44. The fraction of sp³-hybridized carbons (Fsp3) is 0.700. The Balaban J connectivity index is 1.93. The van der Waals surface area contributed by atoms with Crippen molar-refractivity contribution in [3.63, 3.8) is 0 Å². The van der Waals surface area contributed by atoms with E-state index in [-0.39, 0.29) is 12.0 Å². The van der Waals surface area contributed by atoms with E-state index in [0.29, 0.717) is 13.2 Å². The molecule has 1 unspecified atom stereocenters. The molecule has 4 nitrogen and oxygen atoms in total. The highest BCUT2D eigenvalue weighted by atomic mass is 16.7. The zero-order valence-corrected chi connectivity index (χ0v) is 7.68. The molecule has 0 aliphatic carbocycles. The molecule has 0 aromatic rings.